The van der Waals surface area contributed by atoms with E-state index in [-0.39, 0.29) is 0 Å². The molecule has 2 atom stereocenters. The van der Waals surface area contributed by atoms with Crippen molar-refractivity contribution in [1.82, 2.24) is 10.2 Å². The lowest BCUT2D eigenvalue weighted by atomic mass is 9.98. The maximum absolute atomic E-state index is 3.74. The number of nitrogens with one attached hydrogen (secondary N) is 1. The van der Waals surface area contributed by atoms with E-state index in [9.17, 15) is 0 Å². The van der Waals surface area contributed by atoms with E-state index >= 15 is 0 Å². The minimum Gasteiger partial charge on any atom is -0.311 e. The molecular weight excluding hydrogens is 228 g/mol. The molecule has 100 valence electrons. The molecule has 2 unspecified atom stereocenters. The number of fused-ring (bicyclic) bond motifs is 2. The Labute approximate surface area is 111 Å². The second-order valence-electron chi connectivity index (χ2n) is 5.44. The van der Waals surface area contributed by atoms with Crippen LogP contribution in [-0.4, -0.2) is 47.6 Å². The Morgan fingerprint density at radius 2 is 1.88 bits per heavy atom. The molecule has 2 saturated heterocycles. The van der Waals surface area contributed by atoms with Crippen LogP contribution in [0.3, 0.4) is 0 Å². The number of hydrogen-bond donors (Lipinski definition) is 1. The van der Waals surface area contributed by atoms with Crippen molar-refractivity contribution in [2.45, 2.75) is 64.1 Å². The van der Waals surface area contributed by atoms with Crippen molar-refractivity contribution in [3.8, 4) is 0 Å². The quantitative estimate of drug-likeness (QED) is 0.705. The van der Waals surface area contributed by atoms with Gasteiger partial charge in [0.15, 0.2) is 0 Å². The van der Waals surface area contributed by atoms with Crippen molar-refractivity contribution in [3.63, 3.8) is 0 Å². The Bertz CT molecular complexity index is 210. The minimum atomic E-state index is 0.831. The van der Waals surface area contributed by atoms with Gasteiger partial charge in [-0.25, -0.2) is 0 Å². The van der Waals surface area contributed by atoms with Crippen LogP contribution < -0.4 is 5.32 Å². The maximum atomic E-state index is 3.74. The van der Waals surface area contributed by atoms with Crippen LogP contribution in [0.5, 0.6) is 0 Å². The molecule has 1 N–H and O–H groups in total. The summed E-state index contributed by atoms with van der Waals surface area (Å²) in [6, 6.07) is 2.53. The Morgan fingerprint density at radius 3 is 2.47 bits per heavy atom. The van der Waals surface area contributed by atoms with Crippen molar-refractivity contribution in [3.05, 3.63) is 0 Å². The highest BCUT2D eigenvalue weighted by atomic mass is 32.2. The first-order valence-electron chi connectivity index (χ1n) is 7.41. The van der Waals surface area contributed by atoms with E-state index in [2.05, 4.69) is 35.8 Å². The zero-order valence-electron chi connectivity index (χ0n) is 11.5. The third-order valence-electron chi connectivity index (χ3n) is 4.31. The molecule has 2 aliphatic rings. The molecule has 0 aliphatic carbocycles. The van der Waals surface area contributed by atoms with E-state index in [0.717, 1.165) is 18.1 Å². The molecule has 0 spiro atoms. The van der Waals surface area contributed by atoms with Crippen LogP contribution in [0.4, 0.5) is 0 Å². The van der Waals surface area contributed by atoms with Gasteiger partial charge in [-0.1, -0.05) is 13.8 Å². The Balaban J connectivity index is 1.73. The molecule has 2 heterocycles. The van der Waals surface area contributed by atoms with Gasteiger partial charge in [0, 0.05) is 18.1 Å². The summed E-state index contributed by atoms with van der Waals surface area (Å²) in [5, 5.41) is 3.74. The summed E-state index contributed by atoms with van der Waals surface area (Å²) < 4.78 is 0. The molecule has 17 heavy (non-hydrogen) atoms. The average molecular weight is 256 g/mol. The summed E-state index contributed by atoms with van der Waals surface area (Å²) >= 11 is 2.08. The molecule has 0 saturated carbocycles. The van der Waals surface area contributed by atoms with Gasteiger partial charge in [0.1, 0.15) is 0 Å². The van der Waals surface area contributed by atoms with Crippen molar-refractivity contribution in [1.29, 1.82) is 0 Å². The van der Waals surface area contributed by atoms with Crippen LogP contribution in [0, 0.1) is 0 Å². The number of rotatable bonds is 7. The van der Waals surface area contributed by atoms with Crippen molar-refractivity contribution in [2.24, 2.45) is 0 Å². The maximum Gasteiger partial charge on any atom is 0.0125 e. The number of hydrogen-bond acceptors (Lipinski definition) is 3. The third-order valence-corrected chi connectivity index (χ3v) is 5.29. The molecule has 2 rings (SSSR count). The van der Waals surface area contributed by atoms with E-state index in [0.29, 0.717) is 0 Å². The molecule has 2 aliphatic heterocycles. The van der Waals surface area contributed by atoms with E-state index < -0.39 is 0 Å². The predicted octanol–water partition coefficient (Wildman–Crippen LogP) is 2.73. The lowest BCUT2D eigenvalue weighted by Gasteiger charge is -2.37. The van der Waals surface area contributed by atoms with Gasteiger partial charge >= 0.3 is 0 Å². The predicted molar refractivity (Wildman–Crippen MR) is 77.8 cm³/mol. The van der Waals surface area contributed by atoms with E-state index in [1.807, 2.05) is 0 Å². The van der Waals surface area contributed by atoms with E-state index in [4.69, 9.17) is 0 Å². The van der Waals surface area contributed by atoms with Crippen molar-refractivity contribution < 1.29 is 0 Å². The van der Waals surface area contributed by atoms with Crippen LogP contribution in [0.15, 0.2) is 0 Å². The lowest BCUT2D eigenvalue weighted by Crippen LogP contribution is -2.48. The largest absolute Gasteiger partial charge is 0.311 e. The third kappa shape index (κ3) is 3.87. The van der Waals surface area contributed by atoms with E-state index in [1.165, 1.54) is 56.7 Å². The lowest BCUT2D eigenvalue weighted by molar-refractivity contribution is 0.148. The Kier molecular flexibility index (Phi) is 5.64. The van der Waals surface area contributed by atoms with Gasteiger partial charge in [0.25, 0.3) is 0 Å². The fourth-order valence-corrected chi connectivity index (χ4v) is 4.06. The number of thioether (sulfide) groups is 1. The summed E-state index contributed by atoms with van der Waals surface area (Å²) in [5.74, 6) is 2.61. The van der Waals surface area contributed by atoms with Gasteiger partial charge in [-0.3, -0.25) is 0 Å². The second kappa shape index (κ2) is 7.01. The fourth-order valence-electron chi connectivity index (χ4n) is 3.44. The molecule has 2 nitrogen and oxygen atoms in total. The van der Waals surface area contributed by atoms with Crippen molar-refractivity contribution >= 4 is 11.8 Å². The summed E-state index contributed by atoms with van der Waals surface area (Å²) in [6.45, 7) is 7.14. The first-order valence-corrected chi connectivity index (χ1v) is 8.56. The summed E-state index contributed by atoms with van der Waals surface area (Å²) in [7, 11) is 0. The first-order chi connectivity index (χ1) is 8.33. The van der Waals surface area contributed by atoms with Gasteiger partial charge in [-0.2, -0.15) is 11.8 Å². The average Bonchev–Trinajstić information content (AvgIpc) is 2.68. The van der Waals surface area contributed by atoms with Crippen LogP contribution in [0.2, 0.25) is 0 Å². The molecule has 0 radical (unpaired) electrons. The van der Waals surface area contributed by atoms with Gasteiger partial charge in [-0.05, 0) is 56.7 Å². The van der Waals surface area contributed by atoms with Crippen molar-refractivity contribution in [2.75, 3.05) is 24.6 Å². The molecule has 0 amide bonds. The van der Waals surface area contributed by atoms with Gasteiger partial charge in [0.05, 0.1) is 0 Å². The molecule has 0 aromatic heterocycles. The Morgan fingerprint density at radius 1 is 1.18 bits per heavy atom. The highest BCUT2D eigenvalue weighted by molar-refractivity contribution is 7.99. The molecule has 2 fully saturated rings. The second-order valence-corrected chi connectivity index (χ2v) is 6.84. The van der Waals surface area contributed by atoms with Crippen LogP contribution >= 0.6 is 11.8 Å². The highest BCUT2D eigenvalue weighted by Crippen LogP contribution is 2.29. The van der Waals surface area contributed by atoms with Gasteiger partial charge in [-0.15, -0.1) is 0 Å². The summed E-state index contributed by atoms with van der Waals surface area (Å²) in [4.78, 5) is 2.74. The monoisotopic (exact) mass is 256 g/mol. The topological polar surface area (TPSA) is 15.3 Å². The molecule has 2 bridgehead atoms. The van der Waals surface area contributed by atoms with Crippen LogP contribution in [0.25, 0.3) is 0 Å². The molecule has 0 aromatic rings. The standard InChI is InChI=1S/C14H28N2S/c1-3-16(8-5-9-17-4-2)14-10-12-6-7-13(11-14)15-12/h12-15H,3-11H2,1-2H3. The highest BCUT2D eigenvalue weighted by Gasteiger charge is 2.35. The number of piperidine rings is 1. The Hall–Kier alpha value is 0.270. The molecule has 3 heteroatoms. The summed E-state index contributed by atoms with van der Waals surface area (Å²) in [6.07, 6.45) is 7.00. The first kappa shape index (κ1) is 13.7. The van der Waals surface area contributed by atoms with Gasteiger partial charge < -0.3 is 10.2 Å². The van der Waals surface area contributed by atoms with Crippen LogP contribution in [-0.2, 0) is 0 Å². The zero-order chi connectivity index (χ0) is 12.1. The fraction of sp³-hybridized carbons (Fsp3) is 1.00. The van der Waals surface area contributed by atoms with E-state index in [1.54, 1.807) is 0 Å². The summed E-state index contributed by atoms with van der Waals surface area (Å²) in [5.41, 5.74) is 0. The number of nitrogens with zero attached hydrogens (tertiary/aromatic N) is 1. The normalized spacial score (nSPS) is 32.3. The smallest absolute Gasteiger partial charge is 0.0125 e. The molecule has 0 aromatic carbocycles. The van der Waals surface area contributed by atoms with Crippen LogP contribution in [0.1, 0.15) is 46.0 Å². The zero-order valence-corrected chi connectivity index (χ0v) is 12.3. The van der Waals surface area contributed by atoms with Gasteiger partial charge in [0.2, 0.25) is 0 Å². The molecular formula is C14H28N2S. The minimum absolute atomic E-state index is 0.831. The SMILES string of the molecule is CCSCCCN(CC)C1CC2CCC(C1)N2.